The van der Waals surface area contributed by atoms with E-state index in [4.69, 9.17) is 9.47 Å². The fourth-order valence-corrected chi connectivity index (χ4v) is 5.59. The van der Waals surface area contributed by atoms with E-state index in [0.717, 1.165) is 32.1 Å². The van der Waals surface area contributed by atoms with E-state index in [1.807, 2.05) is 6.08 Å². The quantitative estimate of drug-likeness (QED) is 0.746. The molecule has 1 saturated carbocycles. The van der Waals surface area contributed by atoms with Gasteiger partial charge < -0.3 is 14.6 Å². The first-order valence-electron chi connectivity index (χ1n) is 9.61. The van der Waals surface area contributed by atoms with E-state index in [0.29, 0.717) is 29.4 Å². The van der Waals surface area contributed by atoms with E-state index >= 15 is 0 Å². The number of allylic oxidation sites excluding steroid dienone is 1. The average molecular weight is 362 g/mol. The van der Waals surface area contributed by atoms with Crippen LogP contribution in [0.4, 0.5) is 0 Å². The molecule has 1 N–H and O–H groups in total. The average Bonchev–Trinajstić information content (AvgIpc) is 2.96. The molecule has 2 aliphatic carbocycles. The summed E-state index contributed by atoms with van der Waals surface area (Å²) in [5.74, 6) is -0.267. The Hall–Kier alpha value is -1.62. The van der Waals surface area contributed by atoms with Gasteiger partial charge in [0.2, 0.25) is 6.29 Å². The summed E-state index contributed by atoms with van der Waals surface area (Å²) in [5.41, 5.74) is 0.979. The third kappa shape index (κ3) is 3.00. The topological polar surface area (TPSA) is 72.8 Å². The molecule has 1 aliphatic heterocycles. The molecule has 0 saturated heterocycles. The van der Waals surface area contributed by atoms with Crippen LogP contribution in [0.3, 0.4) is 0 Å². The molecule has 0 amide bonds. The van der Waals surface area contributed by atoms with E-state index in [1.165, 1.54) is 7.11 Å². The zero-order chi connectivity index (χ0) is 19.1. The monoisotopic (exact) mass is 362 g/mol. The number of cyclic esters (lactones) is 1. The van der Waals surface area contributed by atoms with Crippen molar-refractivity contribution in [2.24, 2.45) is 22.7 Å². The van der Waals surface area contributed by atoms with Crippen LogP contribution in [0.15, 0.2) is 23.3 Å². The van der Waals surface area contributed by atoms with Gasteiger partial charge in [0.1, 0.15) is 0 Å². The van der Waals surface area contributed by atoms with Gasteiger partial charge in [-0.25, -0.2) is 9.59 Å². The van der Waals surface area contributed by atoms with Crippen LogP contribution in [0.25, 0.3) is 0 Å². The number of hydrogen-bond donors (Lipinski definition) is 1. The molecule has 3 aliphatic rings. The summed E-state index contributed by atoms with van der Waals surface area (Å²) >= 11 is 0. The molecule has 5 atom stereocenters. The first kappa shape index (κ1) is 19.2. The van der Waals surface area contributed by atoms with Crippen LogP contribution in [-0.4, -0.2) is 30.4 Å². The Bertz CT molecular complexity index is 663. The lowest BCUT2D eigenvalue weighted by molar-refractivity contribution is -0.155. The third-order valence-corrected chi connectivity index (χ3v) is 7.43. The molecule has 0 radical (unpaired) electrons. The lowest BCUT2D eigenvalue weighted by Crippen LogP contribution is -2.51. The number of carbonyl (C=O) groups is 2. The fourth-order valence-electron chi connectivity index (χ4n) is 5.59. The van der Waals surface area contributed by atoms with Gasteiger partial charge in [-0.2, -0.15) is 0 Å². The molecule has 3 rings (SSSR count). The van der Waals surface area contributed by atoms with Crippen molar-refractivity contribution in [1.82, 2.24) is 0 Å². The Balaban J connectivity index is 1.84. The Morgan fingerprint density at radius 3 is 2.73 bits per heavy atom. The maximum atomic E-state index is 12.0. The maximum Gasteiger partial charge on any atom is 0.336 e. The molecular weight excluding hydrogens is 332 g/mol. The van der Waals surface area contributed by atoms with Crippen molar-refractivity contribution >= 4 is 11.9 Å². The highest BCUT2D eigenvalue weighted by molar-refractivity contribution is 5.90. The molecule has 1 heterocycles. The Morgan fingerprint density at radius 2 is 2.12 bits per heavy atom. The normalized spacial score (nSPS) is 39.7. The number of ether oxygens (including phenoxy) is 2. The van der Waals surface area contributed by atoms with Crippen molar-refractivity contribution in [1.29, 1.82) is 0 Å². The molecule has 0 spiro atoms. The number of rotatable bonds is 5. The number of carbonyl (C=O) groups excluding carboxylic acids is 1. The Morgan fingerprint density at radius 1 is 1.38 bits per heavy atom. The lowest BCUT2D eigenvalue weighted by atomic mass is 9.46. The smallest absolute Gasteiger partial charge is 0.336 e. The highest BCUT2D eigenvalue weighted by Gasteiger charge is 2.55. The first-order valence-corrected chi connectivity index (χ1v) is 9.61. The van der Waals surface area contributed by atoms with E-state index in [1.54, 1.807) is 6.08 Å². The van der Waals surface area contributed by atoms with Gasteiger partial charge in [0.25, 0.3) is 0 Å². The van der Waals surface area contributed by atoms with E-state index in [9.17, 15) is 14.7 Å². The van der Waals surface area contributed by atoms with E-state index in [-0.39, 0.29) is 16.8 Å². The standard InChI is InChI=1S/C21H30O5/c1-13-8-10-21(3)15(18(22)23)6-5-7-16(21)20(13,2)11-9-14-12-17(25-4)26-19(14)24/h6,12-13,16-17H,5,7-11H2,1-4H3,(H,22,23)/t13-,16-,17?,20+,21+/m1/s1. The zero-order valence-electron chi connectivity index (χ0n) is 16.2. The minimum absolute atomic E-state index is 0.00572. The number of esters is 1. The lowest BCUT2D eigenvalue weighted by Gasteiger charge is -2.57. The molecule has 0 bridgehead atoms. The van der Waals surface area contributed by atoms with Gasteiger partial charge in [-0.3, -0.25) is 0 Å². The molecule has 0 aromatic rings. The van der Waals surface area contributed by atoms with Gasteiger partial charge in [0.15, 0.2) is 0 Å². The van der Waals surface area contributed by atoms with Crippen molar-refractivity contribution in [3.63, 3.8) is 0 Å². The SMILES string of the molecule is COC1C=C(CC[C@@]2(C)[C@H](C)CC[C@@]3(C)C(C(=O)O)=CCC[C@H]23)C(=O)O1. The van der Waals surface area contributed by atoms with Crippen LogP contribution in [-0.2, 0) is 19.1 Å². The third-order valence-electron chi connectivity index (χ3n) is 7.43. The molecule has 0 aromatic heterocycles. The predicted octanol–water partition coefficient (Wildman–Crippen LogP) is 4.09. The highest BCUT2D eigenvalue weighted by atomic mass is 16.7. The molecular formula is C21H30O5. The minimum atomic E-state index is -0.779. The van der Waals surface area contributed by atoms with Crippen LogP contribution in [0.1, 0.15) is 59.3 Å². The number of fused-ring (bicyclic) bond motifs is 1. The molecule has 5 heteroatoms. The Kier molecular flexibility index (Phi) is 5.04. The molecule has 5 nitrogen and oxygen atoms in total. The second-order valence-corrected chi connectivity index (χ2v) is 8.62. The summed E-state index contributed by atoms with van der Waals surface area (Å²) in [4.78, 5) is 23.9. The minimum Gasteiger partial charge on any atom is -0.478 e. The van der Waals surface area contributed by atoms with Crippen molar-refractivity contribution in [2.45, 2.75) is 65.6 Å². The maximum absolute atomic E-state index is 12.0. The molecule has 26 heavy (non-hydrogen) atoms. The van der Waals surface area contributed by atoms with Crippen molar-refractivity contribution in [3.05, 3.63) is 23.3 Å². The summed E-state index contributed by atoms with van der Waals surface area (Å²) < 4.78 is 10.3. The molecule has 1 unspecified atom stereocenters. The highest BCUT2D eigenvalue weighted by Crippen LogP contribution is 2.62. The predicted molar refractivity (Wildman–Crippen MR) is 97.3 cm³/mol. The number of carboxylic acid groups (broad SMARTS) is 1. The van der Waals surface area contributed by atoms with Crippen LogP contribution >= 0.6 is 0 Å². The molecule has 144 valence electrons. The summed E-state index contributed by atoms with van der Waals surface area (Å²) in [7, 11) is 1.52. The van der Waals surface area contributed by atoms with Crippen LogP contribution in [0.5, 0.6) is 0 Å². The Labute approximate surface area is 155 Å². The molecule has 1 fully saturated rings. The second kappa shape index (κ2) is 6.84. The van der Waals surface area contributed by atoms with Gasteiger partial charge in [-0.1, -0.05) is 26.8 Å². The van der Waals surface area contributed by atoms with Gasteiger partial charge in [0.05, 0.1) is 0 Å². The second-order valence-electron chi connectivity index (χ2n) is 8.62. The number of aliphatic carboxylic acids is 1. The largest absolute Gasteiger partial charge is 0.478 e. The first-order chi connectivity index (χ1) is 12.2. The van der Waals surface area contributed by atoms with Crippen molar-refractivity contribution < 1.29 is 24.2 Å². The van der Waals surface area contributed by atoms with Crippen molar-refractivity contribution in [3.8, 4) is 0 Å². The van der Waals surface area contributed by atoms with Crippen LogP contribution in [0.2, 0.25) is 0 Å². The van der Waals surface area contributed by atoms with Gasteiger partial charge >= 0.3 is 11.9 Å². The summed E-state index contributed by atoms with van der Waals surface area (Å²) in [6.45, 7) is 6.70. The van der Waals surface area contributed by atoms with Crippen LogP contribution < -0.4 is 0 Å². The summed E-state index contributed by atoms with van der Waals surface area (Å²) in [6.07, 6.45) is 8.39. The number of methoxy groups -OCH3 is 1. The van der Waals surface area contributed by atoms with Gasteiger partial charge in [-0.05, 0) is 61.9 Å². The van der Waals surface area contributed by atoms with Crippen molar-refractivity contribution in [2.75, 3.05) is 7.11 Å². The van der Waals surface area contributed by atoms with E-state index in [2.05, 4.69) is 20.8 Å². The van der Waals surface area contributed by atoms with Crippen LogP contribution in [0, 0.1) is 22.7 Å². The molecule has 0 aromatic carbocycles. The fraction of sp³-hybridized carbons (Fsp3) is 0.714. The number of hydrogen-bond acceptors (Lipinski definition) is 4. The summed E-state index contributed by atoms with van der Waals surface area (Å²) in [6, 6.07) is 0. The van der Waals surface area contributed by atoms with Gasteiger partial charge in [0, 0.05) is 23.7 Å². The van der Waals surface area contributed by atoms with Gasteiger partial charge in [-0.15, -0.1) is 0 Å². The number of carboxylic acids is 1. The van der Waals surface area contributed by atoms with E-state index < -0.39 is 12.3 Å². The zero-order valence-corrected chi connectivity index (χ0v) is 16.2. The summed E-state index contributed by atoms with van der Waals surface area (Å²) in [5, 5.41) is 9.72.